The van der Waals surface area contributed by atoms with Crippen molar-refractivity contribution < 1.29 is 9.59 Å². The van der Waals surface area contributed by atoms with Crippen molar-refractivity contribution >= 4 is 11.8 Å². The molecule has 1 aromatic rings. The topological polar surface area (TPSA) is 62.3 Å². The SMILES string of the molecule is CCC1NC(=O)C(C)(C)N(Cc2ccncc2)C1=O. The molecule has 0 bridgehead atoms. The van der Waals surface area contributed by atoms with Crippen molar-refractivity contribution in [3.63, 3.8) is 0 Å². The lowest BCUT2D eigenvalue weighted by molar-refractivity contribution is -0.156. The van der Waals surface area contributed by atoms with E-state index in [1.54, 1.807) is 31.1 Å². The summed E-state index contributed by atoms with van der Waals surface area (Å²) in [5, 5.41) is 2.78. The molecule has 0 spiro atoms. The van der Waals surface area contributed by atoms with Crippen LogP contribution in [0.1, 0.15) is 32.8 Å². The van der Waals surface area contributed by atoms with Gasteiger partial charge in [0.15, 0.2) is 0 Å². The van der Waals surface area contributed by atoms with Crippen LogP contribution in [0.3, 0.4) is 0 Å². The molecule has 2 heterocycles. The van der Waals surface area contributed by atoms with E-state index in [2.05, 4.69) is 10.3 Å². The first-order valence-electron chi connectivity index (χ1n) is 6.48. The van der Waals surface area contributed by atoms with Crippen molar-refractivity contribution in [3.8, 4) is 0 Å². The predicted molar refractivity (Wildman–Crippen MR) is 71.1 cm³/mol. The number of pyridine rings is 1. The maximum absolute atomic E-state index is 12.4. The fourth-order valence-electron chi connectivity index (χ4n) is 2.21. The molecule has 5 nitrogen and oxygen atoms in total. The molecular weight excluding hydrogens is 242 g/mol. The van der Waals surface area contributed by atoms with Crippen LogP contribution in [-0.4, -0.2) is 33.3 Å². The minimum absolute atomic E-state index is 0.0242. The van der Waals surface area contributed by atoms with Gasteiger partial charge in [0, 0.05) is 18.9 Å². The molecule has 0 radical (unpaired) electrons. The molecule has 2 amide bonds. The van der Waals surface area contributed by atoms with Gasteiger partial charge in [-0.25, -0.2) is 0 Å². The Kier molecular flexibility index (Phi) is 3.55. The summed E-state index contributed by atoms with van der Waals surface area (Å²) in [5.41, 5.74) is 0.146. The van der Waals surface area contributed by atoms with Crippen molar-refractivity contribution in [3.05, 3.63) is 30.1 Å². The summed E-state index contributed by atoms with van der Waals surface area (Å²) in [7, 11) is 0. The Morgan fingerprint density at radius 3 is 2.53 bits per heavy atom. The molecule has 1 unspecified atom stereocenters. The van der Waals surface area contributed by atoms with E-state index in [1.807, 2.05) is 19.1 Å². The van der Waals surface area contributed by atoms with Crippen molar-refractivity contribution in [2.45, 2.75) is 45.3 Å². The van der Waals surface area contributed by atoms with Crippen LogP contribution in [-0.2, 0) is 16.1 Å². The fraction of sp³-hybridized carbons (Fsp3) is 0.500. The number of hydrogen-bond donors (Lipinski definition) is 1. The molecule has 5 heteroatoms. The minimum atomic E-state index is -0.827. The van der Waals surface area contributed by atoms with Gasteiger partial charge in [0.25, 0.3) is 0 Å². The van der Waals surface area contributed by atoms with Crippen molar-refractivity contribution in [1.82, 2.24) is 15.2 Å². The third kappa shape index (κ3) is 2.45. The van der Waals surface area contributed by atoms with Gasteiger partial charge in [-0.2, -0.15) is 0 Å². The number of piperazine rings is 1. The molecule has 1 aliphatic rings. The summed E-state index contributed by atoms with van der Waals surface area (Å²) < 4.78 is 0. The molecule has 102 valence electrons. The molecule has 1 fully saturated rings. The Bertz CT molecular complexity index is 485. The second-order valence-corrected chi connectivity index (χ2v) is 5.27. The molecule has 0 aliphatic carbocycles. The Morgan fingerprint density at radius 1 is 1.32 bits per heavy atom. The van der Waals surface area contributed by atoms with Crippen molar-refractivity contribution in [2.75, 3.05) is 0 Å². The van der Waals surface area contributed by atoms with Crippen LogP contribution in [0.4, 0.5) is 0 Å². The molecule has 2 rings (SSSR count). The first kappa shape index (κ1) is 13.5. The summed E-state index contributed by atoms with van der Waals surface area (Å²) in [6.07, 6.45) is 3.98. The Morgan fingerprint density at radius 2 is 1.95 bits per heavy atom. The molecule has 1 N–H and O–H groups in total. The number of amides is 2. The fourth-order valence-corrected chi connectivity index (χ4v) is 2.21. The van der Waals surface area contributed by atoms with Gasteiger partial charge >= 0.3 is 0 Å². The molecule has 1 atom stereocenters. The number of carbonyl (C=O) groups excluding carboxylic acids is 2. The van der Waals surface area contributed by atoms with E-state index in [-0.39, 0.29) is 11.8 Å². The minimum Gasteiger partial charge on any atom is -0.342 e. The Hall–Kier alpha value is -1.91. The van der Waals surface area contributed by atoms with Crippen LogP contribution < -0.4 is 5.32 Å². The highest BCUT2D eigenvalue weighted by atomic mass is 16.2. The van der Waals surface area contributed by atoms with Gasteiger partial charge in [-0.15, -0.1) is 0 Å². The highest BCUT2D eigenvalue weighted by Crippen LogP contribution is 2.24. The van der Waals surface area contributed by atoms with Crippen molar-refractivity contribution in [1.29, 1.82) is 0 Å². The molecule has 1 aliphatic heterocycles. The van der Waals surface area contributed by atoms with E-state index in [9.17, 15) is 9.59 Å². The predicted octanol–water partition coefficient (Wildman–Crippen LogP) is 1.10. The summed E-state index contributed by atoms with van der Waals surface area (Å²) in [5.74, 6) is -0.128. The summed E-state index contributed by atoms with van der Waals surface area (Å²) >= 11 is 0. The number of rotatable bonds is 3. The van der Waals surface area contributed by atoms with Crippen LogP contribution in [0.15, 0.2) is 24.5 Å². The Labute approximate surface area is 113 Å². The second-order valence-electron chi connectivity index (χ2n) is 5.27. The zero-order valence-electron chi connectivity index (χ0n) is 11.5. The van der Waals surface area contributed by atoms with Gasteiger partial charge in [0.1, 0.15) is 11.6 Å². The lowest BCUT2D eigenvalue weighted by Crippen LogP contribution is -2.67. The molecule has 0 aromatic carbocycles. The van der Waals surface area contributed by atoms with Gasteiger partial charge in [0.05, 0.1) is 0 Å². The van der Waals surface area contributed by atoms with Crippen LogP contribution >= 0.6 is 0 Å². The maximum Gasteiger partial charge on any atom is 0.246 e. The number of nitrogens with zero attached hydrogens (tertiary/aromatic N) is 2. The standard InChI is InChI=1S/C14H19N3O2/c1-4-11-12(18)17(14(2,3)13(19)16-11)9-10-5-7-15-8-6-10/h5-8,11H,4,9H2,1-3H3,(H,16,19). The quantitative estimate of drug-likeness (QED) is 0.886. The van der Waals surface area contributed by atoms with Gasteiger partial charge in [-0.05, 0) is 38.0 Å². The van der Waals surface area contributed by atoms with E-state index >= 15 is 0 Å². The first-order valence-corrected chi connectivity index (χ1v) is 6.48. The van der Waals surface area contributed by atoms with Gasteiger partial charge < -0.3 is 10.2 Å². The Balaban J connectivity index is 2.28. The zero-order valence-corrected chi connectivity index (χ0v) is 11.5. The molecule has 0 saturated carbocycles. The average molecular weight is 261 g/mol. The third-order valence-corrected chi connectivity index (χ3v) is 3.60. The monoisotopic (exact) mass is 261 g/mol. The number of carbonyl (C=O) groups is 2. The van der Waals surface area contributed by atoms with E-state index < -0.39 is 11.6 Å². The van der Waals surface area contributed by atoms with Crippen LogP contribution in [0, 0.1) is 0 Å². The first-order chi connectivity index (χ1) is 8.96. The average Bonchev–Trinajstić information content (AvgIpc) is 2.40. The molecule has 1 saturated heterocycles. The largest absolute Gasteiger partial charge is 0.342 e. The number of aromatic nitrogens is 1. The highest BCUT2D eigenvalue weighted by Gasteiger charge is 2.45. The molecular formula is C14H19N3O2. The van der Waals surface area contributed by atoms with E-state index in [0.717, 1.165) is 5.56 Å². The number of hydrogen-bond acceptors (Lipinski definition) is 3. The smallest absolute Gasteiger partial charge is 0.246 e. The van der Waals surface area contributed by atoms with Crippen LogP contribution in [0.5, 0.6) is 0 Å². The van der Waals surface area contributed by atoms with Gasteiger partial charge in [-0.3, -0.25) is 14.6 Å². The molecule has 1 aromatic heterocycles. The van der Waals surface area contributed by atoms with E-state index in [0.29, 0.717) is 13.0 Å². The van der Waals surface area contributed by atoms with Gasteiger partial charge in [0.2, 0.25) is 11.8 Å². The lowest BCUT2D eigenvalue weighted by atomic mass is 9.94. The van der Waals surface area contributed by atoms with Crippen LogP contribution in [0.2, 0.25) is 0 Å². The third-order valence-electron chi connectivity index (χ3n) is 3.60. The normalized spacial score (nSPS) is 22.3. The van der Waals surface area contributed by atoms with E-state index in [1.165, 1.54) is 0 Å². The highest BCUT2D eigenvalue weighted by molar-refractivity contribution is 5.99. The molecule has 19 heavy (non-hydrogen) atoms. The summed E-state index contributed by atoms with van der Waals surface area (Å²) in [6.45, 7) is 5.87. The van der Waals surface area contributed by atoms with Gasteiger partial charge in [-0.1, -0.05) is 6.92 Å². The zero-order chi connectivity index (χ0) is 14.0. The van der Waals surface area contributed by atoms with Crippen molar-refractivity contribution in [2.24, 2.45) is 0 Å². The maximum atomic E-state index is 12.4. The second kappa shape index (κ2) is 4.99. The lowest BCUT2D eigenvalue weighted by Gasteiger charge is -2.44. The van der Waals surface area contributed by atoms with E-state index in [4.69, 9.17) is 0 Å². The summed E-state index contributed by atoms with van der Waals surface area (Å²) in [6, 6.07) is 3.30. The van der Waals surface area contributed by atoms with Crippen LogP contribution in [0.25, 0.3) is 0 Å². The number of nitrogens with one attached hydrogen (secondary N) is 1. The summed E-state index contributed by atoms with van der Waals surface area (Å²) in [4.78, 5) is 30.1.